The van der Waals surface area contributed by atoms with Crippen LogP contribution in [0.1, 0.15) is 31.5 Å². The average molecular weight is 298 g/mol. The molecular formula is C13H22N4O2S. The van der Waals surface area contributed by atoms with Crippen molar-refractivity contribution in [2.45, 2.75) is 43.7 Å². The molecule has 0 amide bonds. The maximum absolute atomic E-state index is 12.6. The number of likely N-dealkylation sites (tertiary alicyclic amines) is 1. The van der Waals surface area contributed by atoms with Crippen molar-refractivity contribution in [1.82, 2.24) is 19.2 Å². The lowest BCUT2D eigenvalue weighted by Crippen LogP contribution is -2.48. The van der Waals surface area contributed by atoms with Crippen molar-refractivity contribution in [3.63, 3.8) is 0 Å². The lowest BCUT2D eigenvalue weighted by molar-refractivity contribution is 0.162. The molecule has 20 heavy (non-hydrogen) atoms. The first-order valence-electron chi connectivity index (χ1n) is 7.33. The number of hydrogen-bond donors (Lipinski definition) is 1. The minimum absolute atomic E-state index is 0.220. The van der Waals surface area contributed by atoms with Crippen molar-refractivity contribution >= 4 is 10.0 Å². The van der Waals surface area contributed by atoms with Gasteiger partial charge in [0.15, 0.2) is 5.03 Å². The van der Waals surface area contributed by atoms with Crippen LogP contribution in [0, 0.1) is 6.92 Å². The zero-order valence-corrected chi connectivity index (χ0v) is 12.7. The third-order valence-electron chi connectivity index (χ3n) is 4.31. The van der Waals surface area contributed by atoms with E-state index in [1.54, 1.807) is 11.2 Å². The molecule has 3 heterocycles. The maximum atomic E-state index is 12.6. The Morgan fingerprint density at radius 2 is 2.00 bits per heavy atom. The molecule has 3 rings (SSSR count). The molecule has 1 atom stereocenters. The first kappa shape index (κ1) is 14.0. The summed E-state index contributed by atoms with van der Waals surface area (Å²) in [6.07, 6.45) is 5.94. The highest BCUT2D eigenvalue weighted by Crippen LogP contribution is 2.24. The van der Waals surface area contributed by atoms with Gasteiger partial charge in [-0.3, -0.25) is 4.90 Å². The van der Waals surface area contributed by atoms with E-state index >= 15 is 0 Å². The number of aryl methyl sites for hydroxylation is 1. The molecule has 1 N–H and O–H groups in total. The molecule has 1 aromatic rings. The normalized spacial score (nSPS) is 26.1. The van der Waals surface area contributed by atoms with Crippen LogP contribution in [0.3, 0.4) is 0 Å². The van der Waals surface area contributed by atoms with Gasteiger partial charge >= 0.3 is 0 Å². The molecule has 2 saturated heterocycles. The summed E-state index contributed by atoms with van der Waals surface area (Å²) in [6.45, 7) is 5.22. The van der Waals surface area contributed by atoms with Gasteiger partial charge in [-0.25, -0.2) is 13.4 Å². The van der Waals surface area contributed by atoms with E-state index in [1.807, 2.05) is 0 Å². The Morgan fingerprint density at radius 3 is 2.65 bits per heavy atom. The minimum Gasteiger partial charge on any atom is -0.332 e. The first-order chi connectivity index (χ1) is 9.57. The Morgan fingerprint density at radius 1 is 1.25 bits per heavy atom. The summed E-state index contributed by atoms with van der Waals surface area (Å²) in [5.74, 6) is 0.636. The Bertz CT molecular complexity index is 563. The highest BCUT2D eigenvalue weighted by atomic mass is 32.2. The van der Waals surface area contributed by atoms with E-state index in [9.17, 15) is 8.42 Å². The SMILES string of the molecule is Cc1ncc(S(=O)(=O)N2CCCC(N3CCCC3)C2)[nH]1. The smallest absolute Gasteiger partial charge is 0.260 e. The molecular weight excluding hydrogens is 276 g/mol. The van der Waals surface area contributed by atoms with E-state index in [4.69, 9.17) is 0 Å². The lowest BCUT2D eigenvalue weighted by atomic mass is 10.1. The molecule has 1 unspecified atom stereocenters. The second-order valence-corrected chi connectivity index (χ2v) is 7.64. The lowest BCUT2D eigenvalue weighted by Gasteiger charge is -2.36. The number of nitrogens with one attached hydrogen (secondary N) is 1. The number of rotatable bonds is 3. The fourth-order valence-electron chi connectivity index (χ4n) is 3.21. The third-order valence-corrected chi connectivity index (χ3v) is 6.09. The molecule has 2 fully saturated rings. The van der Waals surface area contributed by atoms with Crippen molar-refractivity contribution in [2.75, 3.05) is 26.2 Å². The number of H-pyrrole nitrogens is 1. The van der Waals surface area contributed by atoms with E-state index in [-0.39, 0.29) is 5.03 Å². The number of sulfonamides is 1. The fraction of sp³-hybridized carbons (Fsp3) is 0.769. The fourth-order valence-corrected chi connectivity index (χ4v) is 4.69. The molecule has 0 bridgehead atoms. The van der Waals surface area contributed by atoms with Crippen LogP contribution < -0.4 is 0 Å². The van der Waals surface area contributed by atoms with E-state index in [2.05, 4.69) is 14.9 Å². The molecule has 2 aliphatic heterocycles. The first-order valence-corrected chi connectivity index (χ1v) is 8.77. The monoisotopic (exact) mass is 298 g/mol. The second-order valence-electron chi connectivity index (χ2n) is 5.74. The van der Waals surface area contributed by atoms with Gasteiger partial charge < -0.3 is 4.98 Å². The summed E-state index contributed by atoms with van der Waals surface area (Å²) in [6, 6.07) is 0.380. The summed E-state index contributed by atoms with van der Waals surface area (Å²) in [7, 11) is -3.42. The van der Waals surface area contributed by atoms with Gasteiger partial charge in [-0.15, -0.1) is 0 Å². The number of aromatic nitrogens is 2. The second kappa shape index (κ2) is 5.46. The molecule has 2 aliphatic rings. The van der Waals surface area contributed by atoms with Crippen LogP contribution in [-0.2, 0) is 10.0 Å². The number of imidazole rings is 1. The van der Waals surface area contributed by atoms with Crippen LogP contribution >= 0.6 is 0 Å². The van der Waals surface area contributed by atoms with Crippen molar-refractivity contribution in [2.24, 2.45) is 0 Å². The van der Waals surface area contributed by atoms with E-state index in [1.165, 1.54) is 19.0 Å². The van der Waals surface area contributed by atoms with Gasteiger partial charge in [0, 0.05) is 19.1 Å². The number of aromatic amines is 1. The van der Waals surface area contributed by atoms with Gasteiger partial charge in [0.2, 0.25) is 0 Å². The highest BCUT2D eigenvalue weighted by Gasteiger charge is 2.34. The van der Waals surface area contributed by atoms with Gasteiger partial charge in [0.05, 0.1) is 6.20 Å². The van der Waals surface area contributed by atoms with Crippen LogP contribution in [0.4, 0.5) is 0 Å². The molecule has 0 aliphatic carbocycles. The van der Waals surface area contributed by atoms with Crippen LogP contribution in [0.25, 0.3) is 0 Å². The molecule has 112 valence electrons. The average Bonchev–Trinajstić information content (AvgIpc) is 3.10. The Kier molecular flexibility index (Phi) is 3.83. The number of nitrogens with zero attached hydrogens (tertiary/aromatic N) is 3. The third kappa shape index (κ3) is 2.62. The predicted molar refractivity (Wildman–Crippen MR) is 75.9 cm³/mol. The van der Waals surface area contributed by atoms with Gasteiger partial charge in [0.25, 0.3) is 10.0 Å². The number of hydrogen-bond acceptors (Lipinski definition) is 4. The summed E-state index contributed by atoms with van der Waals surface area (Å²) >= 11 is 0. The Labute approximate surface area is 120 Å². The van der Waals surface area contributed by atoms with E-state index in [0.29, 0.717) is 25.0 Å². The molecule has 0 spiro atoms. The van der Waals surface area contributed by atoms with Crippen LogP contribution in [0.5, 0.6) is 0 Å². The standard InChI is InChI=1S/C13H22N4O2S/c1-11-14-9-13(15-11)20(18,19)17-8-4-5-12(10-17)16-6-2-3-7-16/h9,12H,2-8,10H2,1H3,(H,14,15). The predicted octanol–water partition coefficient (Wildman–Crippen LogP) is 0.967. The molecule has 6 nitrogen and oxygen atoms in total. The minimum atomic E-state index is -3.42. The Hall–Kier alpha value is -0.920. The molecule has 0 aromatic carbocycles. The van der Waals surface area contributed by atoms with E-state index in [0.717, 1.165) is 25.9 Å². The number of piperidine rings is 1. The quantitative estimate of drug-likeness (QED) is 0.902. The van der Waals surface area contributed by atoms with Crippen molar-refractivity contribution in [3.8, 4) is 0 Å². The summed E-state index contributed by atoms with van der Waals surface area (Å²) < 4.78 is 26.8. The molecule has 1 aromatic heterocycles. The maximum Gasteiger partial charge on any atom is 0.260 e. The van der Waals surface area contributed by atoms with Crippen LogP contribution in [-0.4, -0.2) is 59.8 Å². The Balaban J connectivity index is 1.75. The van der Waals surface area contributed by atoms with E-state index < -0.39 is 10.0 Å². The van der Waals surface area contributed by atoms with Gasteiger partial charge in [-0.05, 0) is 45.7 Å². The van der Waals surface area contributed by atoms with Gasteiger partial charge in [0.1, 0.15) is 5.82 Å². The topological polar surface area (TPSA) is 69.3 Å². The van der Waals surface area contributed by atoms with Crippen LogP contribution in [0.15, 0.2) is 11.2 Å². The van der Waals surface area contributed by atoms with Crippen molar-refractivity contribution in [3.05, 3.63) is 12.0 Å². The zero-order valence-electron chi connectivity index (χ0n) is 11.9. The van der Waals surface area contributed by atoms with Crippen molar-refractivity contribution in [1.29, 1.82) is 0 Å². The van der Waals surface area contributed by atoms with Crippen LogP contribution in [0.2, 0.25) is 0 Å². The highest BCUT2D eigenvalue weighted by molar-refractivity contribution is 7.89. The summed E-state index contributed by atoms with van der Waals surface area (Å²) in [5, 5.41) is 0.220. The summed E-state index contributed by atoms with van der Waals surface area (Å²) in [5.41, 5.74) is 0. The molecule has 0 radical (unpaired) electrons. The summed E-state index contributed by atoms with van der Waals surface area (Å²) in [4.78, 5) is 9.29. The van der Waals surface area contributed by atoms with Gasteiger partial charge in [-0.2, -0.15) is 4.31 Å². The van der Waals surface area contributed by atoms with Crippen molar-refractivity contribution < 1.29 is 8.42 Å². The van der Waals surface area contributed by atoms with Gasteiger partial charge in [-0.1, -0.05) is 0 Å². The largest absolute Gasteiger partial charge is 0.332 e. The zero-order chi connectivity index (χ0) is 14.2. The molecule has 0 saturated carbocycles. The molecule has 7 heteroatoms.